The molecule has 2 amide bonds. The van der Waals surface area contributed by atoms with Crippen LogP contribution in [-0.4, -0.2) is 34.0 Å². The third kappa shape index (κ3) is 5.79. The van der Waals surface area contributed by atoms with Gasteiger partial charge < -0.3 is 21.3 Å². The third-order valence-corrected chi connectivity index (χ3v) is 4.10. The van der Waals surface area contributed by atoms with E-state index in [0.717, 1.165) is 24.3 Å². The molecule has 0 saturated carbocycles. The first-order valence-corrected chi connectivity index (χ1v) is 8.26. The number of carboxylic acids is 1. The monoisotopic (exact) mass is 410 g/mol. The molecule has 154 valence electrons. The average Bonchev–Trinajstić information content (AvgIpc) is 2.66. The van der Waals surface area contributed by atoms with Gasteiger partial charge in [0.1, 0.15) is 6.04 Å². The van der Waals surface area contributed by atoms with E-state index < -0.39 is 41.7 Å². The number of hydrogen-bond acceptors (Lipinski definition) is 4. The van der Waals surface area contributed by atoms with Crippen LogP contribution in [0.25, 0.3) is 0 Å². The van der Waals surface area contributed by atoms with Crippen LogP contribution >= 0.6 is 0 Å². The molecule has 0 aliphatic rings. The summed E-state index contributed by atoms with van der Waals surface area (Å²) in [5, 5.41) is 21.2. The van der Waals surface area contributed by atoms with E-state index in [2.05, 4.69) is 5.32 Å². The molecule has 7 nitrogen and oxygen atoms in total. The molecular weight excluding hydrogens is 393 g/mol. The molecular formula is C19H17F3N2O5. The first kappa shape index (κ1) is 21.9. The van der Waals surface area contributed by atoms with Gasteiger partial charge in [-0.25, -0.2) is 4.79 Å². The summed E-state index contributed by atoms with van der Waals surface area (Å²) in [4.78, 5) is 34.7. The zero-order valence-electron chi connectivity index (χ0n) is 14.8. The minimum absolute atomic E-state index is 0.0335. The number of nitrogens with one attached hydrogen (secondary N) is 1. The molecule has 0 heterocycles. The third-order valence-electron chi connectivity index (χ3n) is 4.10. The zero-order chi connectivity index (χ0) is 21.8. The molecule has 2 aromatic rings. The van der Waals surface area contributed by atoms with Crippen molar-refractivity contribution >= 4 is 17.8 Å². The molecule has 2 rings (SSSR count). The predicted octanol–water partition coefficient (Wildman–Crippen LogP) is 1.65. The fourth-order valence-corrected chi connectivity index (χ4v) is 2.50. The van der Waals surface area contributed by atoms with Crippen LogP contribution in [-0.2, 0) is 22.2 Å². The number of aromatic carboxylic acids is 1. The van der Waals surface area contributed by atoms with Gasteiger partial charge in [-0.05, 0) is 35.4 Å². The summed E-state index contributed by atoms with van der Waals surface area (Å²) in [6.07, 6.45) is -6.44. The Morgan fingerprint density at radius 3 is 2.00 bits per heavy atom. The van der Waals surface area contributed by atoms with E-state index in [1.54, 1.807) is 0 Å². The number of primary amides is 1. The van der Waals surface area contributed by atoms with Crippen molar-refractivity contribution in [2.24, 2.45) is 5.73 Å². The van der Waals surface area contributed by atoms with E-state index in [0.29, 0.717) is 5.56 Å². The van der Waals surface area contributed by atoms with E-state index in [9.17, 15) is 32.7 Å². The van der Waals surface area contributed by atoms with Crippen LogP contribution in [0.1, 0.15) is 33.2 Å². The lowest BCUT2D eigenvalue weighted by atomic mass is 10.0. The molecule has 29 heavy (non-hydrogen) atoms. The lowest BCUT2D eigenvalue weighted by molar-refractivity contribution is -0.137. The molecule has 0 aromatic heterocycles. The Hall–Kier alpha value is -3.40. The molecule has 0 spiro atoms. The highest BCUT2D eigenvalue weighted by atomic mass is 19.4. The first-order chi connectivity index (χ1) is 13.5. The van der Waals surface area contributed by atoms with E-state index in [-0.39, 0.29) is 17.5 Å². The van der Waals surface area contributed by atoms with Gasteiger partial charge in [-0.1, -0.05) is 24.3 Å². The van der Waals surface area contributed by atoms with Crippen molar-refractivity contribution in [1.82, 2.24) is 5.32 Å². The summed E-state index contributed by atoms with van der Waals surface area (Å²) in [7, 11) is 0. The van der Waals surface area contributed by atoms with Gasteiger partial charge in [0.15, 0.2) is 6.10 Å². The van der Waals surface area contributed by atoms with Gasteiger partial charge >= 0.3 is 12.1 Å². The second-order valence-electron chi connectivity index (χ2n) is 6.19. The van der Waals surface area contributed by atoms with Gasteiger partial charge in [0, 0.05) is 6.42 Å². The molecule has 2 atom stereocenters. The maximum atomic E-state index is 12.6. The Bertz CT molecular complexity index is 896. The van der Waals surface area contributed by atoms with Crippen molar-refractivity contribution in [2.45, 2.75) is 24.7 Å². The molecule has 0 fully saturated rings. The second-order valence-corrected chi connectivity index (χ2v) is 6.19. The molecule has 10 heteroatoms. The fraction of sp³-hybridized carbons (Fsp3) is 0.211. The minimum Gasteiger partial charge on any atom is -0.478 e. The Labute approximate surface area is 163 Å². The number of benzene rings is 2. The van der Waals surface area contributed by atoms with Crippen LogP contribution in [0.4, 0.5) is 13.2 Å². The molecule has 0 aliphatic carbocycles. The molecule has 0 aliphatic heterocycles. The van der Waals surface area contributed by atoms with Crippen molar-refractivity contribution in [3.63, 3.8) is 0 Å². The largest absolute Gasteiger partial charge is 0.478 e. The molecule has 0 bridgehead atoms. The summed E-state index contributed by atoms with van der Waals surface area (Å²) in [6, 6.07) is 7.65. The highest BCUT2D eigenvalue weighted by Crippen LogP contribution is 2.30. The van der Waals surface area contributed by atoms with Crippen molar-refractivity contribution in [1.29, 1.82) is 0 Å². The van der Waals surface area contributed by atoms with Gasteiger partial charge in [-0.2, -0.15) is 13.2 Å². The number of amides is 2. The van der Waals surface area contributed by atoms with Gasteiger partial charge in [0.05, 0.1) is 11.1 Å². The Morgan fingerprint density at radius 2 is 1.55 bits per heavy atom. The minimum atomic E-state index is -4.56. The standard InChI is InChI=1S/C19H17F3N2O5/c20-19(21,22)13-7-5-11(6-8-13)15(25)17(27)24-14(16(23)26)9-10-1-3-12(4-2-10)18(28)29/h1-8,14-15,25H,9H2,(H2,23,26)(H,24,27)(H,28,29)/t14-,15-/m1/s1. The van der Waals surface area contributed by atoms with Crippen molar-refractivity contribution in [3.05, 3.63) is 70.8 Å². The quantitative estimate of drug-likeness (QED) is 0.552. The topological polar surface area (TPSA) is 130 Å². The predicted molar refractivity (Wildman–Crippen MR) is 94.6 cm³/mol. The fourth-order valence-electron chi connectivity index (χ4n) is 2.50. The van der Waals surface area contributed by atoms with Crippen molar-refractivity contribution in [3.8, 4) is 0 Å². The summed E-state index contributed by atoms with van der Waals surface area (Å²) in [5.74, 6) is -3.05. The van der Waals surface area contributed by atoms with Crippen molar-refractivity contribution < 1.29 is 37.8 Å². The van der Waals surface area contributed by atoms with E-state index in [1.807, 2.05) is 0 Å². The number of carbonyl (C=O) groups is 3. The maximum absolute atomic E-state index is 12.6. The number of halogens is 3. The first-order valence-electron chi connectivity index (χ1n) is 8.26. The zero-order valence-corrected chi connectivity index (χ0v) is 14.8. The van der Waals surface area contributed by atoms with E-state index >= 15 is 0 Å². The Morgan fingerprint density at radius 1 is 1.00 bits per heavy atom. The van der Waals surface area contributed by atoms with Gasteiger partial charge in [0.25, 0.3) is 5.91 Å². The summed E-state index contributed by atoms with van der Waals surface area (Å²) in [6.45, 7) is 0. The average molecular weight is 410 g/mol. The van der Waals surface area contributed by atoms with Crippen molar-refractivity contribution in [2.75, 3.05) is 0 Å². The number of carboxylic acid groups (broad SMARTS) is 1. The van der Waals surface area contributed by atoms with Gasteiger partial charge in [-0.3, -0.25) is 9.59 Å². The number of hydrogen-bond donors (Lipinski definition) is 4. The number of carbonyl (C=O) groups excluding carboxylic acids is 2. The molecule has 0 saturated heterocycles. The summed E-state index contributed by atoms with van der Waals surface area (Å²) in [5.41, 5.74) is 4.77. The van der Waals surface area contributed by atoms with Crippen LogP contribution in [0, 0.1) is 0 Å². The SMILES string of the molecule is NC(=O)[C@@H](Cc1ccc(C(=O)O)cc1)NC(=O)[C@H](O)c1ccc(C(F)(F)F)cc1. The number of alkyl halides is 3. The van der Waals surface area contributed by atoms with Crippen LogP contribution in [0.15, 0.2) is 48.5 Å². The van der Waals surface area contributed by atoms with E-state index in [1.165, 1.54) is 24.3 Å². The van der Waals surface area contributed by atoms with Crippen LogP contribution in [0.5, 0.6) is 0 Å². The molecule has 0 radical (unpaired) electrons. The molecule has 5 N–H and O–H groups in total. The molecule has 2 aromatic carbocycles. The number of rotatable bonds is 7. The summed E-state index contributed by atoms with van der Waals surface area (Å²) < 4.78 is 37.8. The molecule has 0 unspecified atom stereocenters. The highest BCUT2D eigenvalue weighted by molar-refractivity contribution is 5.89. The second kappa shape index (κ2) is 8.74. The maximum Gasteiger partial charge on any atom is 0.416 e. The van der Waals surface area contributed by atoms with Gasteiger partial charge in [-0.15, -0.1) is 0 Å². The number of nitrogens with two attached hydrogens (primary N) is 1. The highest BCUT2D eigenvalue weighted by Gasteiger charge is 2.31. The Balaban J connectivity index is 2.08. The Kier molecular flexibility index (Phi) is 6.60. The van der Waals surface area contributed by atoms with Gasteiger partial charge in [0.2, 0.25) is 5.91 Å². The number of aliphatic hydroxyl groups is 1. The summed E-state index contributed by atoms with van der Waals surface area (Å²) >= 11 is 0. The van der Waals surface area contributed by atoms with Crippen LogP contribution < -0.4 is 11.1 Å². The van der Waals surface area contributed by atoms with E-state index in [4.69, 9.17) is 10.8 Å². The smallest absolute Gasteiger partial charge is 0.416 e. The van der Waals surface area contributed by atoms with Crippen LogP contribution in [0.2, 0.25) is 0 Å². The lowest BCUT2D eigenvalue weighted by Gasteiger charge is -2.19. The number of aliphatic hydroxyl groups excluding tert-OH is 1. The lowest BCUT2D eigenvalue weighted by Crippen LogP contribution is -2.47. The normalized spacial score (nSPS) is 13.4. The van der Waals surface area contributed by atoms with Crippen LogP contribution in [0.3, 0.4) is 0 Å².